The predicted octanol–water partition coefficient (Wildman–Crippen LogP) is 2.91. The summed E-state index contributed by atoms with van der Waals surface area (Å²) >= 11 is 0. The first-order valence-corrected chi connectivity index (χ1v) is 6.66. The van der Waals surface area contributed by atoms with Crippen LogP contribution in [0.5, 0.6) is 5.75 Å². The lowest BCUT2D eigenvalue weighted by molar-refractivity contribution is -0.117. The Morgan fingerprint density at radius 1 is 1.37 bits per heavy atom. The smallest absolute Gasteiger partial charge is 0.158 e. The Bertz CT molecular complexity index is 438. The van der Waals surface area contributed by atoms with Gasteiger partial charge in [-0.05, 0) is 37.7 Å². The summed E-state index contributed by atoms with van der Waals surface area (Å²) in [5, 5.41) is 3.07. The van der Waals surface area contributed by atoms with Crippen LogP contribution in [0, 0.1) is 5.92 Å². The molecule has 0 spiro atoms. The molecule has 0 radical (unpaired) electrons. The van der Waals surface area contributed by atoms with Crippen LogP contribution < -0.4 is 10.1 Å². The van der Waals surface area contributed by atoms with Crippen LogP contribution in [0.3, 0.4) is 0 Å². The molecule has 0 aliphatic carbocycles. The van der Waals surface area contributed by atoms with E-state index in [1.807, 2.05) is 58.2 Å². The number of ether oxygens (including phenoxy) is 1. The first-order chi connectivity index (χ1) is 9.02. The normalized spacial score (nSPS) is 12.9. The molecule has 0 aromatic heterocycles. The fourth-order valence-electron chi connectivity index (χ4n) is 1.62. The van der Waals surface area contributed by atoms with Crippen molar-refractivity contribution >= 4 is 11.9 Å². The van der Waals surface area contributed by atoms with Crippen LogP contribution in [0.15, 0.2) is 30.3 Å². The number of carbonyl (C=O) groups is 1. The molecule has 0 bridgehead atoms. The summed E-state index contributed by atoms with van der Waals surface area (Å²) < 4.78 is 5.77. The zero-order valence-electron chi connectivity index (χ0n) is 12.1. The molecule has 0 saturated heterocycles. The third-order valence-corrected chi connectivity index (χ3v) is 2.70. The van der Waals surface area contributed by atoms with Gasteiger partial charge in [-0.25, -0.2) is 0 Å². The average Bonchev–Trinajstić information content (AvgIpc) is 2.36. The highest BCUT2D eigenvalue weighted by Crippen LogP contribution is 2.16. The molecular formula is C16H23NO2. The van der Waals surface area contributed by atoms with Gasteiger partial charge in [0.1, 0.15) is 11.9 Å². The Hall–Kier alpha value is -1.61. The molecule has 3 nitrogen and oxygen atoms in total. The van der Waals surface area contributed by atoms with Crippen LogP contribution in [-0.4, -0.2) is 25.5 Å². The first kappa shape index (κ1) is 15.4. The Labute approximate surface area is 115 Å². The van der Waals surface area contributed by atoms with Crippen molar-refractivity contribution in [2.75, 3.05) is 13.6 Å². The van der Waals surface area contributed by atoms with Gasteiger partial charge >= 0.3 is 0 Å². The number of hydrogen-bond acceptors (Lipinski definition) is 3. The summed E-state index contributed by atoms with van der Waals surface area (Å²) in [6, 6.07) is 7.75. The molecule has 0 amide bonds. The van der Waals surface area contributed by atoms with Crippen molar-refractivity contribution in [3.63, 3.8) is 0 Å². The molecule has 1 aromatic carbocycles. The number of likely N-dealkylation sites (N-methyl/N-ethyl adjacent to an activating group) is 1. The zero-order chi connectivity index (χ0) is 14.3. The second kappa shape index (κ2) is 7.74. The molecule has 0 heterocycles. The van der Waals surface area contributed by atoms with Gasteiger partial charge in [0, 0.05) is 12.5 Å². The Kier molecular flexibility index (Phi) is 6.30. The monoisotopic (exact) mass is 261 g/mol. The maximum Gasteiger partial charge on any atom is 0.158 e. The van der Waals surface area contributed by atoms with Gasteiger partial charge in [0.05, 0.1) is 0 Å². The van der Waals surface area contributed by atoms with Gasteiger partial charge < -0.3 is 10.1 Å². The molecule has 0 fully saturated rings. The largest absolute Gasteiger partial charge is 0.489 e. The minimum atomic E-state index is 0.0336. The number of rotatable bonds is 7. The predicted molar refractivity (Wildman–Crippen MR) is 79.3 cm³/mol. The first-order valence-electron chi connectivity index (χ1n) is 6.66. The maximum absolute atomic E-state index is 11.5. The fourth-order valence-corrected chi connectivity index (χ4v) is 1.62. The summed E-state index contributed by atoms with van der Waals surface area (Å²) in [6.07, 6.45) is 3.57. The Balaban J connectivity index is 2.69. The van der Waals surface area contributed by atoms with Crippen molar-refractivity contribution in [2.45, 2.75) is 26.9 Å². The van der Waals surface area contributed by atoms with Crippen molar-refractivity contribution in [3.05, 3.63) is 35.9 Å². The molecule has 1 aromatic rings. The average molecular weight is 261 g/mol. The van der Waals surface area contributed by atoms with Gasteiger partial charge in [-0.2, -0.15) is 0 Å². The number of hydrogen-bond donors (Lipinski definition) is 1. The van der Waals surface area contributed by atoms with Crippen LogP contribution in [-0.2, 0) is 4.79 Å². The van der Waals surface area contributed by atoms with Gasteiger partial charge in [-0.1, -0.05) is 32.1 Å². The van der Waals surface area contributed by atoms with Gasteiger partial charge in [0.15, 0.2) is 5.78 Å². The second-order valence-electron chi connectivity index (χ2n) is 4.95. The van der Waals surface area contributed by atoms with Gasteiger partial charge in [-0.3, -0.25) is 4.79 Å². The van der Waals surface area contributed by atoms with E-state index < -0.39 is 0 Å². The summed E-state index contributed by atoms with van der Waals surface area (Å²) in [7, 11) is 1.90. The van der Waals surface area contributed by atoms with Gasteiger partial charge in [0.25, 0.3) is 0 Å². The van der Waals surface area contributed by atoms with E-state index in [2.05, 4.69) is 5.32 Å². The van der Waals surface area contributed by atoms with E-state index in [1.165, 1.54) is 0 Å². The molecule has 1 atom stereocenters. The molecule has 19 heavy (non-hydrogen) atoms. The summed E-state index contributed by atoms with van der Waals surface area (Å²) in [6.45, 7) is 6.60. The van der Waals surface area contributed by atoms with Crippen LogP contribution in [0.2, 0.25) is 0 Å². The quantitative estimate of drug-likeness (QED) is 0.767. The highest BCUT2D eigenvalue weighted by atomic mass is 16.5. The number of carbonyl (C=O) groups excluding carboxylic acids is 1. The standard InChI is InChI=1S/C16H23NO2/c1-12(2)16(18)9-8-14-6-5-7-15(10-14)19-13(3)11-17-4/h5-10,12-13,17H,11H2,1-4H3/b9-8+/t13-/m0/s1. The minimum Gasteiger partial charge on any atom is -0.489 e. The molecule has 0 aliphatic rings. The Morgan fingerprint density at radius 2 is 2.11 bits per heavy atom. The van der Waals surface area contributed by atoms with Crippen molar-refractivity contribution < 1.29 is 9.53 Å². The number of nitrogens with one attached hydrogen (secondary N) is 1. The number of allylic oxidation sites excluding steroid dienone is 1. The lowest BCUT2D eigenvalue weighted by Gasteiger charge is -2.14. The zero-order valence-corrected chi connectivity index (χ0v) is 12.1. The van der Waals surface area contributed by atoms with E-state index in [0.717, 1.165) is 17.9 Å². The topological polar surface area (TPSA) is 38.3 Å². The lowest BCUT2D eigenvalue weighted by atomic mass is 10.1. The number of ketones is 1. The van der Waals surface area contributed by atoms with Crippen LogP contribution >= 0.6 is 0 Å². The molecular weight excluding hydrogens is 238 g/mol. The minimum absolute atomic E-state index is 0.0336. The van der Waals surface area contributed by atoms with Crippen molar-refractivity contribution in [1.82, 2.24) is 5.32 Å². The number of benzene rings is 1. The van der Waals surface area contributed by atoms with Crippen molar-refractivity contribution in [2.24, 2.45) is 5.92 Å². The maximum atomic E-state index is 11.5. The highest BCUT2D eigenvalue weighted by molar-refractivity contribution is 5.94. The molecule has 0 saturated carbocycles. The third kappa shape index (κ3) is 5.71. The van der Waals surface area contributed by atoms with Gasteiger partial charge in [-0.15, -0.1) is 0 Å². The summed E-state index contributed by atoms with van der Waals surface area (Å²) in [5.41, 5.74) is 0.975. The van der Waals surface area contributed by atoms with E-state index in [4.69, 9.17) is 4.74 Å². The van der Waals surface area contributed by atoms with Crippen LogP contribution in [0.4, 0.5) is 0 Å². The lowest BCUT2D eigenvalue weighted by Crippen LogP contribution is -2.25. The molecule has 1 N–H and O–H groups in total. The van der Waals surface area contributed by atoms with E-state index in [1.54, 1.807) is 6.08 Å². The van der Waals surface area contributed by atoms with E-state index >= 15 is 0 Å². The molecule has 1 rings (SSSR count). The molecule has 0 aliphatic heterocycles. The van der Waals surface area contributed by atoms with Crippen LogP contribution in [0.1, 0.15) is 26.3 Å². The van der Waals surface area contributed by atoms with Crippen molar-refractivity contribution in [3.8, 4) is 5.75 Å². The van der Waals surface area contributed by atoms with Crippen LogP contribution in [0.25, 0.3) is 6.08 Å². The SMILES string of the molecule is CNC[C@H](C)Oc1cccc(/C=C/C(=O)C(C)C)c1. The van der Waals surface area contributed by atoms with E-state index in [0.29, 0.717) is 0 Å². The second-order valence-corrected chi connectivity index (χ2v) is 4.95. The van der Waals surface area contributed by atoms with E-state index in [9.17, 15) is 4.79 Å². The van der Waals surface area contributed by atoms with Crippen molar-refractivity contribution in [1.29, 1.82) is 0 Å². The molecule has 3 heteroatoms. The molecule has 0 unspecified atom stereocenters. The molecule has 104 valence electrons. The fraction of sp³-hybridized carbons (Fsp3) is 0.438. The van der Waals surface area contributed by atoms with Gasteiger partial charge in [0.2, 0.25) is 0 Å². The van der Waals surface area contributed by atoms with E-state index in [-0.39, 0.29) is 17.8 Å². The Morgan fingerprint density at radius 3 is 2.74 bits per heavy atom. The third-order valence-electron chi connectivity index (χ3n) is 2.70. The summed E-state index contributed by atoms with van der Waals surface area (Å²) in [4.78, 5) is 11.5. The highest BCUT2D eigenvalue weighted by Gasteiger charge is 2.04. The summed E-state index contributed by atoms with van der Waals surface area (Å²) in [5.74, 6) is 0.989.